The smallest absolute Gasteiger partial charge is 0.251 e. The van der Waals surface area contributed by atoms with Gasteiger partial charge in [0.15, 0.2) is 5.82 Å². The van der Waals surface area contributed by atoms with Crippen molar-refractivity contribution >= 4 is 5.91 Å². The molecule has 0 N–H and O–H groups in total. The van der Waals surface area contributed by atoms with Crippen molar-refractivity contribution in [2.24, 2.45) is 0 Å². The minimum Gasteiger partial charge on any atom is -0.364 e. The van der Waals surface area contributed by atoms with E-state index in [9.17, 15) is 4.79 Å². The van der Waals surface area contributed by atoms with E-state index in [0.717, 1.165) is 23.8 Å². The molecule has 0 fully saturated rings. The molecule has 128 valence electrons. The molecule has 1 atom stereocenters. The Morgan fingerprint density at radius 1 is 1.17 bits per heavy atom. The van der Waals surface area contributed by atoms with Gasteiger partial charge in [0.25, 0.3) is 5.91 Å². The second-order valence-corrected chi connectivity index (χ2v) is 6.48. The molecule has 0 unspecified atom stereocenters. The minimum atomic E-state index is -0.468. The summed E-state index contributed by atoms with van der Waals surface area (Å²) in [4.78, 5) is 14.4. The molecular weight excluding hydrogens is 304 g/mol. The van der Waals surface area contributed by atoms with E-state index in [0.29, 0.717) is 25.6 Å². The van der Waals surface area contributed by atoms with E-state index in [4.69, 9.17) is 4.74 Å². The predicted molar refractivity (Wildman–Crippen MR) is 90.2 cm³/mol. The van der Waals surface area contributed by atoms with Crippen LogP contribution in [0.25, 0.3) is 0 Å². The molecule has 3 rings (SSSR count). The van der Waals surface area contributed by atoms with Gasteiger partial charge in [-0.25, -0.2) is 0 Å². The summed E-state index contributed by atoms with van der Waals surface area (Å²) in [5.41, 5.74) is 1.07. The summed E-state index contributed by atoms with van der Waals surface area (Å²) in [6.45, 7) is 8.37. The summed E-state index contributed by atoms with van der Waals surface area (Å²) in [5.74, 6) is 2.19. The molecule has 0 saturated heterocycles. The van der Waals surface area contributed by atoms with Crippen molar-refractivity contribution in [1.29, 1.82) is 0 Å². The molecule has 2 heterocycles. The summed E-state index contributed by atoms with van der Waals surface area (Å²) in [7, 11) is 0. The van der Waals surface area contributed by atoms with Gasteiger partial charge in [0.1, 0.15) is 11.9 Å². The van der Waals surface area contributed by atoms with Gasteiger partial charge in [-0.05, 0) is 12.5 Å². The molecule has 0 spiro atoms. The van der Waals surface area contributed by atoms with Gasteiger partial charge in [-0.15, -0.1) is 10.2 Å². The molecule has 2 aromatic rings. The van der Waals surface area contributed by atoms with Gasteiger partial charge in [-0.3, -0.25) is 4.79 Å². The van der Waals surface area contributed by atoms with E-state index in [1.165, 1.54) is 0 Å². The van der Waals surface area contributed by atoms with Crippen molar-refractivity contribution in [1.82, 2.24) is 19.7 Å². The van der Waals surface area contributed by atoms with Crippen LogP contribution in [0.2, 0.25) is 0 Å². The molecule has 1 aliphatic rings. The molecule has 0 radical (unpaired) electrons. The van der Waals surface area contributed by atoms with Crippen LogP contribution >= 0.6 is 0 Å². The first kappa shape index (κ1) is 16.6. The minimum absolute atomic E-state index is 0.00581. The summed E-state index contributed by atoms with van der Waals surface area (Å²) in [6, 6.07) is 9.89. The van der Waals surface area contributed by atoms with Crippen molar-refractivity contribution < 1.29 is 9.53 Å². The average Bonchev–Trinajstić information content (AvgIpc) is 3.03. The Bertz CT molecular complexity index is 696. The number of rotatable bonds is 5. The van der Waals surface area contributed by atoms with E-state index < -0.39 is 6.10 Å². The quantitative estimate of drug-likeness (QED) is 0.845. The van der Waals surface area contributed by atoms with Crippen LogP contribution < -0.4 is 0 Å². The fourth-order valence-corrected chi connectivity index (χ4v) is 2.92. The zero-order valence-corrected chi connectivity index (χ0v) is 14.5. The summed E-state index contributed by atoms with van der Waals surface area (Å²) < 4.78 is 7.87. The highest BCUT2D eigenvalue weighted by Gasteiger charge is 2.28. The Balaban J connectivity index is 1.59. The Kier molecular flexibility index (Phi) is 4.94. The largest absolute Gasteiger partial charge is 0.364 e. The lowest BCUT2D eigenvalue weighted by atomic mass is 10.2. The van der Waals surface area contributed by atoms with Crippen LogP contribution in [0.1, 0.15) is 43.9 Å². The lowest BCUT2D eigenvalue weighted by Gasteiger charge is -2.30. The lowest BCUT2D eigenvalue weighted by molar-refractivity contribution is -0.145. The van der Waals surface area contributed by atoms with Crippen molar-refractivity contribution in [3.05, 3.63) is 47.5 Å². The standard InChI is InChI=1S/C18H24N4O2/c1-13(2)17-20-19-16-11-21(9-10-22(16)17)18(23)14(3)24-12-15-7-5-4-6-8-15/h4-8,13-14H,9-12H2,1-3H3/t14-/m1/s1. The van der Waals surface area contributed by atoms with Crippen LogP contribution in [0.15, 0.2) is 30.3 Å². The molecule has 0 bridgehead atoms. The first-order valence-corrected chi connectivity index (χ1v) is 8.42. The fourth-order valence-electron chi connectivity index (χ4n) is 2.92. The topological polar surface area (TPSA) is 60.2 Å². The molecule has 6 nitrogen and oxygen atoms in total. The average molecular weight is 328 g/mol. The maximum absolute atomic E-state index is 12.6. The number of benzene rings is 1. The molecule has 1 aromatic carbocycles. The van der Waals surface area contributed by atoms with Crippen LogP contribution in [0.3, 0.4) is 0 Å². The first-order chi connectivity index (χ1) is 11.6. The van der Waals surface area contributed by atoms with Crippen molar-refractivity contribution in [2.45, 2.75) is 52.5 Å². The third-order valence-corrected chi connectivity index (χ3v) is 4.30. The normalized spacial score (nSPS) is 15.4. The Morgan fingerprint density at radius 3 is 2.62 bits per heavy atom. The summed E-state index contributed by atoms with van der Waals surface area (Å²) >= 11 is 0. The van der Waals surface area contributed by atoms with Crippen molar-refractivity contribution in [2.75, 3.05) is 6.54 Å². The number of carbonyl (C=O) groups is 1. The predicted octanol–water partition coefficient (Wildman–Crippen LogP) is 2.35. The number of ether oxygens (including phenoxy) is 1. The zero-order valence-electron chi connectivity index (χ0n) is 14.5. The third kappa shape index (κ3) is 3.48. The molecular formula is C18H24N4O2. The summed E-state index contributed by atoms with van der Waals surface area (Å²) in [6.07, 6.45) is -0.468. The molecule has 1 aromatic heterocycles. The van der Waals surface area contributed by atoms with Gasteiger partial charge in [0, 0.05) is 19.0 Å². The molecule has 24 heavy (non-hydrogen) atoms. The Labute approximate surface area is 142 Å². The maximum Gasteiger partial charge on any atom is 0.251 e. The molecule has 1 aliphatic heterocycles. The number of fused-ring (bicyclic) bond motifs is 1. The van der Waals surface area contributed by atoms with Gasteiger partial charge in [0.05, 0.1) is 13.2 Å². The molecule has 0 saturated carbocycles. The summed E-state index contributed by atoms with van der Waals surface area (Å²) in [5, 5.41) is 8.50. The molecule has 1 amide bonds. The lowest BCUT2D eigenvalue weighted by Crippen LogP contribution is -2.43. The number of hydrogen-bond donors (Lipinski definition) is 0. The highest BCUT2D eigenvalue weighted by molar-refractivity contribution is 5.80. The second-order valence-electron chi connectivity index (χ2n) is 6.48. The first-order valence-electron chi connectivity index (χ1n) is 8.42. The Hall–Kier alpha value is -2.21. The van der Waals surface area contributed by atoms with E-state index in [1.807, 2.05) is 42.2 Å². The number of amides is 1. The van der Waals surface area contributed by atoms with Gasteiger partial charge in [0.2, 0.25) is 0 Å². The van der Waals surface area contributed by atoms with Gasteiger partial charge in [-0.2, -0.15) is 0 Å². The van der Waals surface area contributed by atoms with Gasteiger partial charge < -0.3 is 14.2 Å². The van der Waals surface area contributed by atoms with E-state index in [2.05, 4.69) is 28.6 Å². The number of carbonyl (C=O) groups excluding carboxylic acids is 1. The third-order valence-electron chi connectivity index (χ3n) is 4.30. The van der Waals surface area contributed by atoms with Crippen LogP contribution in [-0.2, 0) is 29.2 Å². The van der Waals surface area contributed by atoms with Crippen LogP contribution in [0.5, 0.6) is 0 Å². The van der Waals surface area contributed by atoms with Crippen LogP contribution in [-0.4, -0.2) is 38.2 Å². The highest BCUT2D eigenvalue weighted by atomic mass is 16.5. The van der Waals surface area contributed by atoms with E-state index in [-0.39, 0.29) is 5.91 Å². The van der Waals surface area contributed by atoms with E-state index >= 15 is 0 Å². The van der Waals surface area contributed by atoms with Crippen LogP contribution in [0.4, 0.5) is 0 Å². The number of hydrogen-bond acceptors (Lipinski definition) is 4. The number of nitrogens with zero attached hydrogens (tertiary/aromatic N) is 4. The molecule has 6 heteroatoms. The van der Waals surface area contributed by atoms with Crippen molar-refractivity contribution in [3.63, 3.8) is 0 Å². The zero-order chi connectivity index (χ0) is 17.1. The van der Waals surface area contributed by atoms with Crippen LogP contribution in [0, 0.1) is 0 Å². The SMILES string of the molecule is CC(C)c1nnc2n1CCN(C(=O)[C@@H](C)OCc1ccccc1)C2. The fraction of sp³-hybridized carbons (Fsp3) is 0.500. The number of aromatic nitrogens is 3. The van der Waals surface area contributed by atoms with Crippen molar-refractivity contribution in [3.8, 4) is 0 Å². The maximum atomic E-state index is 12.6. The van der Waals surface area contributed by atoms with E-state index in [1.54, 1.807) is 0 Å². The monoisotopic (exact) mass is 328 g/mol. The highest BCUT2D eigenvalue weighted by Crippen LogP contribution is 2.19. The second kappa shape index (κ2) is 7.13. The molecule has 0 aliphatic carbocycles. The Morgan fingerprint density at radius 2 is 1.92 bits per heavy atom. The van der Waals surface area contributed by atoms with Gasteiger partial charge >= 0.3 is 0 Å². The van der Waals surface area contributed by atoms with Gasteiger partial charge in [-0.1, -0.05) is 44.2 Å².